The van der Waals surface area contributed by atoms with Crippen molar-refractivity contribution in [1.82, 2.24) is 9.88 Å². The van der Waals surface area contributed by atoms with E-state index in [0.29, 0.717) is 5.69 Å². The largest absolute Gasteiger partial charge is 0.317 e. The van der Waals surface area contributed by atoms with Crippen LogP contribution in [-0.2, 0) is 16.0 Å². The minimum absolute atomic E-state index is 0.0468. The third kappa shape index (κ3) is 3.94. The van der Waals surface area contributed by atoms with Crippen LogP contribution in [0.2, 0.25) is 0 Å². The Bertz CT molecular complexity index is 1270. The Morgan fingerprint density at radius 3 is 2.41 bits per heavy atom. The molecule has 1 aromatic heterocycles. The van der Waals surface area contributed by atoms with E-state index in [0.717, 1.165) is 39.1 Å². The van der Waals surface area contributed by atoms with E-state index in [1.165, 1.54) is 4.90 Å². The molecule has 2 heterocycles. The Morgan fingerprint density at radius 2 is 1.75 bits per heavy atom. The number of amides is 2. The number of nitrogens with one attached hydrogen (secondary N) is 1. The number of nitrogens with zero attached hydrogens (tertiary/aromatic N) is 2. The fourth-order valence-corrected chi connectivity index (χ4v) is 4.61. The molecule has 1 aliphatic heterocycles. The van der Waals surface area contributed by atoms with Gasteiger partial charge in [-0.25, -0.2) is 0 Å². The lowest BCUT2D eigenvalue weighted by Gasteiger charge is -2.29. The van der Waals surface area contributed by atoms with Crippen LogP contribution < -0.4 is 10.2 Å². The van der Waals surface area contributed by atoms with Crippen molar-refractivity contribution in [1.29, 1.82) is 0 Å². The summed E-state index contributed by atoms with van der Waals surface area (Å²) in [6.07, 6.45) is 2.54. The molecule has 32 heavy (non-hydrogen) atoms. The third-order valence-electron chi connectivity index (χ3n) is 5.57. The van der Waals surface area contributed by atoms with Gasteiger partial charge in [-0.05, 0) is 96.0 Å². The molecule has 1 saturated heterocycles. The topological polar surface area (TPSA) is 54.3 Å². The number of hydrogen-bond donors (Lipinski definition) is 1. The van der Waals surface area contributed by atoms with Crippen molar-refractivity contribution in [2.24, 2.45) is 0 Å². The third-order valence-corrected chi connectivity index (χ3v) is 6.52. The first-order valence-corrected chi connectivity index (χ1v) is 11.5. The van der Waals surface area contributed by atoms with Gasteiger partial charge in [-0.2, -0.15) is 0 Å². The molecular weight excluding hydrogens is 486 g/mol. The molecule has 5 nitrogen and oxygen atoms in total. The van der Waals surface area contributed by atoms with Gasteiger partial charge in [-0.15, -0.1) is 0 Å². The number of rotatable bonds is 4. The summed E-state index contributed by atoms with van der Waals surface area (Å²) in [4.78, 5) is 27.4. The van der Waals surface area contributed by atoms with Crippen LogP contribution in [0.3, 0.4) is 0 Å². The Balaban J connectivity index is 1.75. The summed E-state index contributed by atoms with van der Waals surface area (Å²) in [5, 5.41) is 2.74. The summed E-state index contributed by atoms with van der Waals surface area (Å²) in [5.41, 5.74) is 5.54. The second kappa shape index (κ2) is 8.84. The van der Waals surface area contributed by atoms with Crippen molar-refractivity contribution >= 4 is 56.8 Å². The van der Waals surface area contributed by atoms with Crippen LogP contribution in [0.1, 0.15) is 29.4 Å². The lowest BCUT2D eigenvalue weighted by molar-refractivity contribution is -0.122. The quantitative estimate of drug-likeness (QED) is 0.298. The highest BCUT2D eigenvalue weighted by Crippen LogP contribution is 2.29. The Kier molecular flexibility index (Phi) is 6.13. The van der Waals surface area contributed by atoms with Crippen molar-refractivity contribution in [3.63, 3.8) is 0 Å². The summed E-state index contributed by atoms with van der Waals surface area (Å²) < 4.78 is 3.05. The van der Waals surface area contributed by atoms with E-state index in [9.17, 15) is 9.59 Å². The first-order valence-electron chi connectivity index (χ1n) is 10.3. The van der Waals surface area contributed by atoms with E-state index < -0.39 is 11.8 Å². The van der Waals surface area contributed by atoms with Gasteiger partial charge in [0, 0.05) is 15.9 Å². The standard InChI is InChI=1S/C25H22BrN3O2S/c1-4-17-9-11-19(12-10-17)29-24(31)20(23(30)27-25(29)32)14-18-13-15(2)28(16(18)3)22-8-6-5-7-21(22)26/h5-14H,4H2,1-3H3,(H,27,30,32)/b20-14+. The van der Waals surface area contributed by atoms with Gasteiger partial charge in [-0.3, -0.25) is 19.8 Å². The number of aromatic nitrogens is 1. The molecule has 2 aromatic carbocycles. The van der Waals surface area contributed by atoms with E-state index in [4.69, 9.17) is 12.2 Å². The van der Waals surface area contributed by atoms with Crippen molar-refractivity contribution < 1.29 is 9.59 Å². The molecule has 3 aromatic rings. The number of halogens is 1. The van der Waals surface area contributed by atoms with Gasteiger partial charge < -0.3 is 4.57 Å². The maximum absolute atomic E-state index is 13.3. The summed E-state index contributed by atoms with van der Waals surface area (Å²) >= 11 is 8.91. The molecule has 1 aliphatic rings. The summed E-state index contributed by atoms with van der Waals surface area (Å²) in [5.74, 6) is -0.930. The van der Waals surface area contributed by atoms with Gasteiger partial charge >= 0.3 is 0 Å². The molecule has 162 valence electrons. The molecule has 0 unspecified atom stereocenters. The van der Waals surface area contributed by atoms with Gasteiger partial charge in [0.1, 0.15) is 5.57 Å². The average molecular weight is 508 g/mol. The predicted molar refractivity (Wildman–Crippen MR) is 135 cm³/mol. The number of aryl methyl sites for hydroxylation is 2. The first-order chi connectivity index (χ1) is 15.3. The van der Waals surface area contributed by atoms with Crippen molar-refractivity contribution in [3.8, 4) is 5.69 Å². The number of anilines is 1. The summed E-state index contributed by atoms with van der Waals surface area (Å²) in [7, 11) is 0. The van der Waals surface area contributed by atoms with Crippen LogP contribution >= 0.6 is 28.1 Å². The minimum Gasteiger partial charge on any atom is -0.317 e. The molecule has 0 saturated carbocycles. The van der Waals surface area contributed by atoms with E-state index in [2.05, 4.69) is 32.7 Å². The molecule has 0 atom stereocenters. The molecule has 2 amide bonds. The second-order valence-corrected chi connectivity index (χ2v) is 8.83. The normalized spacial score (nSPS) is 15.4. The van der Waals surface area contributed by atoms with Crippen molar-refractivity contribution in [2.75, 3.05) is 4.90 Å². The monoisotopic (exact) mass is 507 g/mol. The van der Waals surface area contributed by atoms with Crippen LogP contribution in [0.5, 0.6) is 0 Å². The molecule has 0 bridgehead atoms. The van der Waals surface area contributed by atoms with Crippen LogP contribution in [0.15, 0.2) is 64.6 Å². The van der Waals surface area contributed by atoms with Crippen LogP contribution in [-0.4, -0.2) is 21.5 Å². The van der Waals surface area contributed by atoms with Gasteiger partial charge in [0.25, 0.3) is 11.8 Å². The number of benzene rings is 2. The lowest BCUT2D eigenvalue weighted by Crippen LogP contribution is -2.54. The van der Waals surface area contributed by atoms with Crippen LogP contribution in [0, 0.1) is 13.8 Å². The molecule has 0 spiro atoms. The fourth-order valence-electron chi connectivity index (χ4n) is 3.87. The average Bonchev–Trinajstić information content (AvgIpc) is 3.04. The summed E-state index contributed by atoms with van der Waals surface area (Å²) in [6.45, 7) is 6.03. The van der Waals surface area contributed by atoms with Gasteiger partial charge in [-0.1, -0.05) is 31.2 Å². The maximum Gasteiger partial charge on any atom is 0.270 e. The SMILES string of the molecule is CCc1ccc(N2C(=O)/C(=C/c3cc(C)n(-c4ccccc4Br)c3C)C(=O)NC2=S)cc1. The van der Waals surface area contributed by atoms with Crippen LogP contribution in [0.25, 0.3) is 11.8 Å². The second-order valence-electron chi connectivity index (χ2n) is 7.59. The number of thiocarbonyl (C=S) groups is 1. The van der Waals surface area contributed by atoms with E-state index in [1.54, 1.807) is 6.08 Å². The number of carbonyl (C=O) groups is 2. The lowest BCUT2D eigenvalue weighted by atomic mass is 10.1. The van der Waals surface area contributed by atoms with Crippen molar-refractivity contribution in [3.05, 3.63) is 87.2 Å². The zero-order chi connectivity index (χ0) is 23.0. The fraction of sp³-hybridized carbons (Fsp3) is 0.160. The smallest absolute Gasteiger partial charge is 0.270 e. The zero-order valence-corrected chi connectivity index (χ0v) is 20.4. The molecule has 7 heteroatoms. The number of hydrogen-bond acceptors (Lipinski definition) is 3. The number of carbonyl (C=O) groups excluding carboxylic acids is 2. The molecule has 1 N–H and O–H groups in total. The zero-order valence-electron chi connectivity index (χ0n) is 18.0. The minimum atomic E-state index is -0.493. The van der Waals surface area contributed by atoms with Crippen LogP contribution in [0.4, 0.5) is 5.69 Å². The Hall–Kier alpha value is -3.03. The van der Waals surface area contributed by atoms with Gasteiger partial charge in [0.2, 0.25) is 0 Å². The van der Waals surface area contributed by atoms with E-state index in [-0.39, 0.29) is 10.7 Å². The highest BCUT2D eigenvalue weighted by molar-refractivity contribution is 9.10. The highest BCUT2D eigenvalue weighted by Gasteiger charge is 2.34. The predicted octanol–water partition coefficient (Wildman–Crippen LogP) is 5.25. The van der Waals surface area contributed by atoms with Gasteiger partial charge in [0.15, 0.2) is 5.11 Å². The first kappa shape index (κ1) is 22.2. The maximum atomic E-state index is 13.3. The Morgan fingerprint density at radius 1 is 1.06 bits per heavy atom. The molecule has 4 rings (SSSR count). The van der Waals surface area contributed by atoms with E-state index >= 15 is 0 Å². The highest BCUT2D eigenvalue weighted by atomic mass is 79.9. The molecule has 0 aliphatic carbocycles. The van der Waals surface area contributed by atoms with Gasteiger partial charge in [0.05, 0.1) is 11.4 Å². The molecule has 0 radical (unpaired) electrons. The summed E-state index contributed by atoms with van der Waals surface area (Å²) in [6, 6.07) is 17.5. The van der Waals surface area contributed by atoms with E-state index in [1.807, 2.05) is 68.4 Å². The molecular formula is C25H22BrN3O2S. The number of para-hydroxylation sites is 1. The Labute approximate surface area is 200 Å². The molecule has 1 fully saturated rings. The van der Waals surface area contributed by atoms with Crippen molar-refractivity contribution in [2.45, 2.75) is 27.2 Å².